The number of aryl methyl sites for hydroxylation is 2. The number of fused-ring (bicyclic) bond motifs is 7. The molecular formula is C53H37N3O. The van der Waals surface area contributed by atoms with Crippen LogP contribution in [-0.4, -0.2) is 9.97 Å². The molecular weight excluding hydrogens is 695 g/mol. The zero-order chi connectivity index (χ0) is 38.1. The molecule has 1 aliphatic rings. The molecule has 0 N–H and O–H groups in total. The molecule has 11 rings (SSSR count). The van der Waals surface area contributed by atoms with Crippen molar-refractivity contribution in [2.24, 2.45) is 0 Å². The van der Waals surface area contributed by atoms with Crippen molar-refractivity contribution >= 4 is 50.0 Å². The van der Waals surface area contributed by atoms with Crippen molar-refractivity contribution in [1.82, 2.24) is 9.97 Å². The molecule has 10 aromatic rings. The molecule has 2 heterocycles. The van der Waals surface area contributed by atoms with E-state index in [1.165, 1.54) is 38.9 Å². The Morgan fingerprint density at radius 1 is 0.474 bits per heavy atom. The van der Waals surface area contributed by atoms with E-state index in [0.717, 1.165) is 61.2 Å². The van der Waals surface area contributed by atoms with Gasteiger partial charge in [-0.1, -0.05) is 169 Å². The fourth-order valence-electron chi connectivity index (χ4n) is 9.10. The maximum atomic E-state index is 6.84. The lowest BCUT2D eigenvalue weighted by molar-refractivity contribution is 0.669. The molecule has 4 heteroatoms. The minimum Gasteiger partial charge on any atom is -0.454 e. The van der Waals surface area contributed by atoms with E-state index < -0.39 is 5.41 Å². The monoisotopic (exact) mass is 731 g/mol. The van der Waals surface area contributed by atoms with Crippen LogP contribution in [0.4, 0.5) is 17.2 Å². The summed E-state index contributed by atoms with van der Waals surface area (Å²) in [4.78, 5) is 13.0. The third-order valence-electron chi connectivity index (χ3n) is 11.7. The Morgan fingerprint density at radius 2 is 1.07 bits per heavy atom. The normalized spacial score (nSPS) is 12.9. The molecule has 8 aromatic carbocycles. The lowest BCUT2D eigenvalue weighted by Crippen LogP contribution is -2.28. The second kappa shape index (κ2) is 12.9. The molecule has 0 spiro atoms. The fraction of sp³-hybridized carbons (Fsp3) is 0.0566. The van der Waals surface area contributed by atoms with Gasteiger partial charge in [0.1, 0.15) is 11.4 Å². The number of hydrogen-bond donors (Lipinski definition) is 0. The molecule has 0 bridgehead atoms. The zero-order valence-electron chi connectivity index (χ0n) is 31.6. The quantitative estimate of drug-likeness (QED) is 0.171. The number of para-hydroxylation sites is 3. The van der Waals surface area contributed by atoms with E-state index in [1.54, 1.807) is 0 Å². The lowest BCUT2D eigenvalue weighted by atomic mass is 9.67. The molecule has 1 aliphatic carbocycles. The van der Waals surface area contributed by atoms with Gasteiger partial charge in [-0.05, 0) is 72.0 Å². The molecule has 0 saturated heterocycles. The van der Waals surface area contributed by atoms with Gasteiger partial charge in [0.15, 0.2) is 11.4 Å². The van der Waals surface area contributed by atoms with Gasteiger partial charge in [-0.3, -0.25) is 4.90 Å². The van der Waals surface area contributed by atoms with Crippen LogP contribution >= 0.6 is 0 Å². The van der Waals surface area contributed by atoms with E-state index in [0.29, 0.717) is 5.82 Å². The molecule has 0 saturated carbocycles. The maximum absolute atomic E-state index is 6.84. The first kappa shape index (κ1) is 33.1. The molecule has 0 unspecified atom stereocenters. The molecule has 4 nitrogen and oxygen atoms in total. The number of aromatic nitrogens is 2. The second-order valence-electron chi connectivity index (χ2n) is 15.1. The van der Waals surface area contributed by atoms with Crippen LogP contribution in [0.5, 0.6) is 0 Å². The third kappa shape index (κ3) is 5.00. The zero-order valence-corrected chi connectivity index (χ0v) is 31.6. The van der Waals surface area contributed by atoms with Crippen molar-refractivity contribution in [2.75, 3.05) is 4.90 Å². The summed E-state index contributed by atoms with van der Waals surface area (Å²) in [6.45, 7) is 4.31. The Morgan fingerprint density at radius 3 is 1.84 bits per heavy atom. The number of hydrogen-bond acceptors (Lipinski definition) is 4. The van der Waals surface area contributed by atoms with Crippen LogP contribution in [0.3, 0.4) is 0 Å². The highest BCUT2D eigenvalue weighted by atomic mass is 16.3. The fourth-order valence-corrected chi connectivity index (χ4v) is 9.10. The Labute approximate surface area is 331 Å². The summed E-state index contributed by atoms with van der Waals surface area (Å²) in [7, 11) is 0. The van der Waals surface area contributed by atoms with E-state index in [4.69, 9.17) is 14.4 Å². The summed E-state index contributed by atoms with van der Waals surface area (Å²) in [6.07, 6.45) is 0. The Hall–Kier alpha value is -7.30. The highest BCUT2D eigenvalue weighted by Gasteiger charge is 2.47. The summed E-state index contributed by atoms with van der Waals surface area (Å²) in [5.74, 6) is 1.44. The first-order chi connectivity index (χ1) is 28.1. The van der Waals surface area contributed by atoms with Gasteiger partial charge in [0, 0.05) is 27.3 Å². The SMILES string of the molecule is Cc1ccc(C2(c3ccc(C)cc3)c3ccccc3-c3c(N(c4nc(-c5ccccc5)nc5ccccc45)c4cccc5c4oc4ccccc45)cccc32)cc1. The Balaban J connectivity index is 1.29. The van der Waals surface area contributed by atoms with Crippen molar-refractivity contribution < 1.29 is 4.42 Å². The van der Waals surface area contributed by atoms with E-state index >= 15 is 0 Å². The molecule has 57 heavy (non-hydrogen) atoms. The van der Waals surface area contributed by atoms with Crippen LogP contribution in [-0.2, 0) is 5.41 Å². The summed E-state index contributed by atoms with van der Waals surface area (Å²) in [5.41, 5.74) is 14.5. The van der Waals surface area contributed by atoms with Crippen LogP contribution in [0, 0.1) is 13.8 Å². The maximum Gasteiger partial charge on any atom is 0.162 e. The van der Waals surface area contributed by atoms with Crippen molar-refractivity contribution in [2.45, 2.75) is 19.3 Å². The molecule has 2 aromatic heterocycles. The number of nitrogens with zero attached hydrogens (tertiary/aromatic N) is 3. The van der Waals surface area contributed by atoms with E-state index in [-0.39, 0.29) is 0 Å². The van der Waals surface area contributed by atoms with Gasteiger partial charge < -0.3 is 4.42 Å². The van der Waals surface area contributed by atoms with Gasteiger partial charge in [-0.25, -0.2) is 9.97 Å². The summed E-state index contributed by atoms with van der Waals surface area (Å²) >= 11 is 0. The first-order valence-corrected chi connectivity index (χ1v) is 19.5. The average Bonchev–Trinajstić information content (AvgIpc) is 3.80. The highest BCUT2D eigenvalue weighted by molar-refractivity contribution is 6.12. The van der Waals surface area contributed by atoms with Gasteiger partial charge in [-0.2, -0.15) is 0 Å². The van der Waals surface area contributed by atoms with E-state index in [1.807, 2.05) is 36.4 Å². The first-order valence-electron chi connectivity index (χ1n) is 19.5. The minimum absolute atomic E-state index is 0.580. The second-order valence-corrected chi connectivity index (χ2v) is 15.1. The van der Waals surface area contributed by atoms with Crippen LogP contribution in [0.15, 0.2) is 192 Å². The molecule has 270 valence electrons. The summed E-state index contributed by atoms with van der Waals surface area (Å²) in [5, 5.41) is 3.07. The third-order valence-corrected chi connectivity index (χ3v) is 11.7. The molecule has 0 radical (unpaired) electrons. The van der Waals surface area contributed by atoms with Gasteiger partial charge in [0.05, 0.1) is 22.3 Å². The van der Waals surface area contributed by atoms with Gasteiger partial charge in [0.2, 0.25) is 0 Å². The minimum atomic E-state index is -0.580. The topological polar surface area (TPSA) is 42.2 Å². The van der Waals surface area contributed by atoms with E-state index in [2.05, 4.69) is 170 Å². The van der Waals surface area contributed by atoms with E-state index in [9.17, 15) is 0 Å². The van der Waals surface area contributed by atoms with Crippen LogP contribution in [0.2, 0.25) is 0 Å². The van der Waals surface area contributed by atoms with Gasteiger partial charge >= 0.3 is 0 Å². The number of anilines is 3. The van der Waals surface area contributed by atoms with Gasteiger partial charge in [0.25, 0.3) is 0 Å². The smallest absolute Gasteiger partial charge is 0.162 e. The molecule has 0 aliphatic heterocycles. The largest absolute Gasteiger partial charge is 0.454 e. The van der Waals surface area contributed by atoms with Crippen molar-refractivity contribution in [1.29, 1.82) is 0 Å². The summed E-state index contributed by atoms with van der Waals surface area (Å²) in [6, 6.07) is 67.2. The van der Waals surface area contributed by atoms with Crippen molar-refractivity contribution in [3.8, 4) is 22.5 Å². The summed E-state index contributed by atoms with van der Waals surface area (Å²) < 4.78 is 6.84. The van der Waals surface area contributed by atoms with Gasteiger partial charge in [-0.15, -0.1) is 0 Å². The Kier molecular flexibility index (Phi) is 7.48. The molecule has 0 fully saturated rings. The average molecular weight is 732 g/mol. The molecule has 0 amide bonds. The molecule has 0 atom stereocenters. The number of rotatable bonds is 6. The standard InChI is InChI=1S/C53H37N3O/c1-34-26-30-37(31-27-34)53(38-32-28-35(2)29-33-38)43-20-9-6-17-41(43)49-44(53)21-13-23-46(49)56(47-24-12-19-40-39-16-8-11-25-48(39)57-50(40)47)52-42-18-7-10-22-45(42)54-51(55-52)36-14-4-3-5-15-36/h3-33H,1-2H3. The van der Waals surface area contributed by atoms with Crippen molar-refractivity contribution in [3.63, 3.8) is 0 Å². The van der Waals surface area contributed by atoms with Crippen LogP contribution in [0.1, 0.15) is 33.4 Å². The Bertz CT molecular complexity index is 3100. The number of furan rings is 1. The van der Waals surface area contributed by atoms with Crippen LogP contribution in [0.25, 0.3) is 55.4 Å². The number of benzene rings is 8. The lowest BCUT2D eigenvalue weighted by Gasteiger charge is -2.34. The predicted molar refractivity (Wildman–Crippen MR) is 234 cm³/mol. The predicted octanol–water partition coefficient (Wildman–Crippen LogP) is 13.6. The highest BCUT2D eigenvalue weighted by Crippen LogP contribution is 2.60. The van der Waals surface area contributed by atoms with Crippen molar-refractivity contribution in [3.05, 3.63) is 221 Å². The van der Waals surface area contributed by atoms with Crippen LogP contribution < -0.4 is 4.90 Å².